The van der Waals surface area contributed by atoms with Crippen LogP contribution in [0.3, 0.4) is 0 Å². The molecule has 0 aliphatic carbocycles. The Bertz CT molecular complexity index is 948. The molecule has 0 bridgehead atoms. The van der Waals surface area contributed by atoms with Gasteiger partial charge >= 0.3 is 0 Å². The summed E-state index contributed by atoms with van der Waals surface area (Å²) in [5.41, 5.74) is 1.94. The van der Waals surface area contributed by atoms with Gasteiger partial charge in [0.15, 0.2) is 22.4 Å². The van der Waals surface area contributed by atoms with Crippen molar-refractivity contribution < 1.29 is 14.2 Å². The molecule has 0 aromatic heterocycles. The summed E-state index contributed by atoms with van der Waals surface area (Å²) < 4.78 is 16.6. The summed E-state index contributed by atoms with van der Waals surface area (Å²) in [6, 6.07) is 23.2. The Labute approximate surface area is 176 Å². The molecule has 0 radical (unpaired) electrons. The predicted molar refractivity (Wildman–Crippen MR) is 120 cm³/mol. The van der Waals surface area contributed by atoms with Gasteiger partial charge in [-0.05, 0) is 60.6 Å². The molecular formula is C23H24N2O3S. The second-order valence-corrected chi connectivity index (χ2v) is 6.64. The van der Waals surface area contributed by atoms with Gasteiger partial charge in [0.2, 0.25) is 0 Å². The molecule has 3 aromatic carbocycles. The Kier molecular flexibility index (Phi) is 7.30. The maximum Gasteiger partial charge on any atom is 0.170 e. The fraction of sp³-hybridized carbons (Fsp3) is 0.174. The van der Waals surface area contributed by atoms with Gasteiger partial charge in [0.05, 0.1) is 19.9 Å². The van der Waals surface area contributed by atoms with Gasteiger partial charge in [0.1, 0.15) is 5.75 Å². The fourth-order valence-electron chi connectivity index (χ4n) is 2.80. The monoisotopic (exact) mass is 408 g/mol. The molecule has 0 aliphatic rings. The van der Waals surface area contributed by atoms with Gasteiger partial charge in [-0.15, -0.1) is 0 Å². The Morgan fingerprint density at radius 1 is 0.828 bits per heavy atom. The lowest BCUT2D eigenvalue weighted by Gasteiger charge is -2.15. The van der Waals surface area contributed by atoms with Crippen molar-refractivity contribution >= 4 is 23.0 Å². The third-order valence-electron chi connectivity index (χ3n) is 4.25. The van der Waals surface area contributed by atoms with E-state index in [4.69, 9.17) is 26.4 Å². The van der Waals surface area contributed by atoms with Crippen molar-refractivity contribution in [1.82, 2.24) is 5.32 Å². The van der Waals surface area contributed by atoms with Crippen LogP contribution >= 0.6 is 12.2 Å². The van der Waals surface area contributed by atoms with Crippen molar-refractivity contribution in [2.75, 3.05) is 26.1 Å². The number of hydrogen-bond donors (Lipinski definition) is 2. The molecule has 0 heterocycles. The third-order valence-corrected chi connectivity index (χ3v) is 4.50. The first-order chi connectivity index (χ1) is 14.2. The number of nitrogens with one attached hydrogen (secondary N) is 2. The van der Waals surface area contributed by atoms with E-state index in [2.05, 4.69) is 10.6 Å². The summed E-state index contributed by atoms with van der Waals surface area (Å²) in [5, 5.41) is 6.97. The van der Waals surface area contributed by atoms with Crippen molar-refractivity contribution in [3.63, 3.8) is 0 Å². The molecule has 2 N–H and O–H groups in total. The molecule has 150 valence electrons. The molecule has 0 atom stereocenters. The molecule has 0 aliphatic heterocycles. The minimum Gasteiger partial charge on any atom is -0.493 e. The molecule has 0 fully saturated rings. The van der Waals surface area contributed by atoms with E-state index in [1.54, 1.807) is 14.2 Å². The lowest BCUT2D eigenvalue weighted by atomic mass is 10.1. The molecule has 0 spiro atoms. The first-order valence-electron chi connectivity index (χ1n) is 9.27. The molecule has 0 unspecified atom stereocenters. The molecule has 6 heteroatoms. The number of para-hydroxylation sites is 3. The van der Waals surface area contributed by atoms with Crippen molar-refractivity contribution in [2.24, 2.45) is 0 Å². The van der Waals surface area contributed by atoms with Crippen LogP contribution in [0.4, 0.5) is 5.69 Å². The lowest BCUT2D eigenvalue weighted by Crippen LogP contribution is -2.30. The summed E-state index contributed by atoms with van der Waals surface area (Å²) in [7, 11) is 3.26. The van der Waals surface area contributed by atoms with Crippen molar-refractivity contribution in [1.29, 1.82) is 0 Å². The van der Waals surface area contributed by atoms with Crippen LogP contribution in [-0.2, 0) is 6.42 Å². The second kappa shape index (κ2) is 10.3. The van der Waals surface area contributed by atoms with Gasteiger partial charge in [-0.25, -0.2) is 0 Å². The summed E-state index contributed by atoms with van der Waals surface area (Å²) in [4.78, 5) is 0. The number of anilines is 1. The number of ether oxygens (including phenoxy) is 3. The van der Waals surface area contributed by atoms with Crippen LogP contribution < -0.4 is 24.8 Å². The maximum absolute atomic E-state index is 5.96. The first-order valence-corrected chi connectivity index (χ1v) is 9.68. The van der Waals surface area contributed by atoms with E-state index in [0.29, 0.717) is 17.4 Å². The minimum absolute atomic E-state index is 0.537. The van der Waals surface area contributed by atoms with Gasteiger partial charge in [-0.3, -0.25) is 0 Å². The number of benzene rings is 3. The first kappa shape index (κ1) is 20.5. The summed E-state index contributed by atoms with van der Waals surface area (Å²) in [5.74, 6) is 2.92. The van der Waals surface area contributed by atoms with Crippen LogP contribution in [0.2, 0.25) is 0 Å². The fourth-order valence-corrected chi connectivity index (χ4v) is 3.01. The lowest BCUT2D eigenvalue weighted by molar-refractivity contribution is 0.354. The van der Waals surface area contributed by atoms with Crippen molar-refractivity contribution in [2.45, 2.75) is 6.42 Å². The smallest absolute Gasteiger partial charge is 0.170 e. The van der Waals surface area contributed by atoms with Crippen LogP contribution in [0.5, 0.6) is 23.0 Å². The zero-order chi connectivity index (χ0) is 20.5. The topological polar surface area (TPSA) is 51.8 Å². The standard InChI is InChI=1S/C23H24N2O3S/c1-26-21-13-12-17(16-22(21)27-2)14-15-24-23(29)25-19-10-6-7-11-20(19)28-18-8-4-3-5-9-18/h3-13,16H,14-15H2,1-2H3,(H2,24,25,29). The van der Waals surface area contributed by atoms with Gasteiger partial charge < -0.3 is 24.8 Å². The zero-order valence-corrected chi connectivity index (χ0v) is 17.3. The molecule has 3 rings (SSSR count). The van der Waals surface area contributed by atoms with E-state index < -0.39 is 0 Å². The highest BCUT2D eigenvalue weighted by atomic mass is 32.1. The highest BCUT2D eigenvalue weighted by molar-refractivity contribution is 7.80. The molecule has 29 heavy (non-hydrogen) atoms. The Morgan fingerprint density at radius 2 is 1.55 bits per heavy atom. The summed E-state index contributed by atoms with van der Waals surface area (Å²) in [6.45, 7) is 0.684. The van der Waals surface area contributed by atoms with Crippen LogP contribution in [0.1, 0.15) is 5.56 Å². The Morgan fingerprint density at radius 3 is 2.31 bits per heavy atom. The van der Waals surface area contributed by atoms with Crippen LogP contribution in [0, 0.1) is 0 Å². The van der Waals surface area contributed by atoms with Gasteiger partial charge in [0, 0.05) is 6.54 Å². The molecule has 5 nitrogen and oxygen atoms in total. The van der Waals surface area contributed by atoms with E-state index in [0.717, 1.165) is 34.9 Å². The van der Waals surface area contributed by atoms with Gasteiger partial charge in [-0.1, -0.05) is 36.4 Å². The average Bonchev–Trinajstić information content (AvgIpc) is 2.75. The molecule has 0 saturated heterocycles. The van der Waals surface area contributed by atoms with Crippen molar-refractivity contribution in [3.05, 3.63) is 78.4 Å². The number of methoxy groups -OCH3 is 2. The highest BCUT2D eigenvalue weighted by Crippen LogP contribution is 2.29. The maximum atomic E-state index is 5.96. The van der Waals surface area contributed by atoms with Crippen molar-refractivity contribution in [3.8, 4) is 23.0 Å². The quantitative estimate of drug-likeness (QED) is 0.510. The van der Waals surface area contributed by atoms with Crippen LogP contribution in [0.15, 0.2) is 72.8 Å². The highest BCUT2D eigenvalue weighted by Gasteiger charge is 2.07. The van der Waals surface area contributed by atoms with E-state index in [1.807, 2.05) is 72.8 Å². The average molecular weight is 409 g/mol. The van der Waals surface area contributed by atoms with E-state index >= 15 is 0 Å². The van der Waals surface area contributed by atoms with Crippen LogP contribution in [0.25, 0.3) is 0 Å². The number of thiocarbonyl (C=S) groups is 1. The largest absolute Gasteiger partial charge is 0.493 e. The molecule has 3 aromatic rings. The molecular weight excluding hydrogens is 384 g/mol. The molecule has 0 amide bonds. The SMILES string of the molecule is COc1ccc(CCNC(=S)Nc2ccccc2Oc2ccccc2)cc1OC. The van der Waals surface area contributed by atoms with Crippen LogP contribution in [-0.4, -0.2) is 25.9 Å². The molecule has 0 saturated carbocycles. The van der Waals surface area contributed by atoms with E-state index in [9.17, 15) is 0 Å². The third kappa shape index (κ3) is 5.86. The zero-order valence-electron chi connectivity index (χ0n) is 16.5. The normalized spacial score (nSPS) is 10.1. The predicted octanol–water partition coefficient (Wildman–Crippen LogP) is 5.03. The minimum atomic E-state index is 0.537. The number of hydrogen-bond acceptors (Lipinski definition) is 4. The summed E-state index contributed by atoms with van der Waals surface area (Å²) in [6.07, 6.45) is 0.796. The Balaban J connectivity index is 1.55. The second-order valence-electron chi connectivity index (χ2n) is 6.23. The Hall–Kier alpha value is -3.25. The van der Waals surface area contributed by atoms with E-state index in [-0.39, 0.29) is 0 Å². The number of rotatable bonds is 8. The van der Waals surface area contributed by atoms with E-state index in [1.165, 1.54) is 0 Å². The summed E-state index contributed by atoms with van der Waals surface area (Å²) >= 11 is 5.44. The van der Waals surface area contributed by atoms with Gasteiger partial charge in [-0.2, -0.15) is 0 Å². The van der Waals surface area contributed by atoms with Gasteiger partial charge in [0.25, 0.3) is 0 Å².